The molecule has 0 amide bonds. The third-order valence-electron chi connectivity index (χ3n) is 7.42. The van der Waals surface area contributed by atoms with Crippen LogP contribution in [0.1, 0.15) is 32.6 Å². The number of rotatable bonds is 7. The second-order valence-corrected chi connectivity index (χ2v) is 9.97. The topological polar surface area (TPSA) is 96.7 Å². The summed E-state index contributed by atoms with van der Waals surface area (Å²) in [6.07, 6.45) is 9.46. The SMILES string of the molecule is C=N/C(=N\C(=C/C)CN1CCOCC1)N[C@H]1CC[C@@H](Oc2cc(N3CCOCC3)cc3nccnc23)CC1. The summed E-state index contributed by atoms with van der Waals surface area (Å²) in [7, 11) is 0. The number of guanidine groups is 1. The van der Waals surface area contributed by atoms with E-state index >= 15 is 0 Å². The Kier molecular flexibility index (Phi) is 9.16. The normalized spacial score (nSPS) is 23.9. The van der Waals surface area contributed by atoms with Crippen molar-refractivity contribution < 1.29 is 14.2 Å². The van der Waals surface area contributed by atoms with Crippen LogP contribution in [0.25, 0.3) is 11.0 Å². The summed E-state index contributed by atoms with van der Waals surface area (Å²) < 4.78 is 17.6. The van der Waals surface area contributed by atoms with Gasteiger partial charge < -0.3 is 24.4 Å². The number of morpholine rings is 2. The van der Waals surface area contributed by atoms with Crippen LogP contribution in [0, 0.1) is 0 Å². The summed E-state index contributed by atoms with van der Waals surface area (Å²) in [6, 6.07) is 4.51. The highest BCUT2D eigenvalue weighted by atomic mass is 16.5. The fourth-order valence-corrected chi connectivity index (χ4v) is 5.24. The average Bonchev–Trinajstić information content (AvgIpc) is 2.98. The first-order valence-electron chi connectivity index (χ1n) is 13.7. The highest BCUT2D eigenvalue weighted by molar-refractivity contribution is 5.86. The number of hydrogen-bond donors (Lipinski definition) is 1. The van der Waals surface area contributed by atoms with Crippen molar-refractivity contribution in [3.8, 4) is 5.75 Å². The highest BCUT2D eigenvalue weighted by Gasteiger charge is 2.25. The van der Waals surface area contributed by atoms with Gasteiger partial charge in [-0.05, 0) is 45.4 Å². The molecule has 5 rings (SSSR count). The number of benzene rings is 1. The van der Waals surface area contributed by atoms with Crippen molar-refractivity contribution in [2.45, 2.75) is 44.8 Å². The Hall–Kier alpha value is -3.08. The molecule has 3 aliphatic rings. The van der Waals surface area contributed by atoms with E-state index < -0.39 is 0 Å². The summed E-state index contributed by atoms with van der Waals surface area (Å²) in [6.45, 7) is 13.2. The van der Waals surface area contributed by atoms with Gasteiger partial charge in [-0.25, -0.2) is 15.0 Å². The molecule has 1 saturated carbocycles. The lowest BCUT2D eigenvalue weighted by Crippen LogP contribution is -2.40. The molecule has 1 aliphatic carbocycles. The average molecular weight is 522 g/mol. The van der Waals surface area contributed by atoms with Gasteiger partial charge in [-0.2, -0.15) is 0 Å². The van der Waals surface area contributed by atoms with Crippen LogP contribution in [0.4, 0.5) is 5.69 Å². The molecule has 0 spiro atoms. The van der Waals surface area contributed by atoms with Gasteiger partial charge in [0, 0.05) is 62.9 Å². The van der Waals surface area contributed by atoms with Crippen molar-refractivity contribution in [2.75, 3.05) is 64.1 Å². The second-order valence-electron chi connectivity index (χ2n) is 9.97. The highest BCUT2D eigenvalue weighted by Crippen LogP contribution is 2.33. The third kappa shape index (κ3) is 6.86. The van der Waals surface area contributed by atoms with E-state index in [1.54, 1.807) is 12.4 Å². The molecule has 3 fully saturated rings. The van der Waals surface area contributed by atoms with Crippen LogP contribution in [0.15, 0.2) is 46.3 Å². The smallest absolute Gasteiger partial charge is 0.222 e. The van der Waals surface area contributed by atoms with Gasteiger partial charge in [0.25, 0.3) is 0 Å². The van der Waals surface area contributed by atoms with Crippen LogP contribution in [0.3, 0.4) is 0 Å². The number of nitrogens with one attached hydrogen (secondary N) is 1. The first-order valence-corrected chi connectivity index (χ1v) is 13.7. The van der Waals surface area contributed by atoms with E-state index in [2.05, 4.69) is 48.9 Å². The van der Waals surface area contributed by atoms with Crippen molar-refractivity contribution >= 4 is 29.4 Å². The van der Waals surface area contributed by atoms with Crippen molar-refractivity contribution in [1.82, 2.24) is 20.2 Å². The van der Waals surface area contributed by atoms with Crippen molar-refractivity contribution in [1.29, 1.82) is 0 Å². The van der Waals surface area contributed by atoms with Crippen LogP contribution in [-0.4, -0.2) is 98.8 Å². The van der Waals surface area contributed by atoms with Gasteiger partial charge in [0.05, 0.1) is 43.7 Å². The predicted octanol–water partition coefficient (Wildman–Crippen LogP) is 3.04. The molecule has 0 bridgehead atoms. The molecule has 1 aromatic heterocycles. The minimum Gasteiger partial charge on any atom is -0.488 e. The Morgan fingerprint density at radius 2 is 1.76 bits per heavy atom. The zero-order valence-electron chi connectivity index (χ0n) is 22.3. The Morgan fingerprint density at radius 3 is 2.47 bits per heavy atom. The maximum atomic E-state index is 6.57. The van der Waals surface area contributed by atoms with E-state index in [-0.39, 0.29) is 12.1 Å². The Morgan fingerprint density at radius 1 is 1.05 bits per heavy atom. The maximum absolute atomic E-state index is 6.57. The van der Waals surface area contributed by atoms with E-state index in [4.69, 9.17) is 19.2 Å². The summed E-state index contributed by atoms with van der Waals surface area (Å²) in [4.78, 5) is 22.8. The predicted molar refractivity (Wildman–Crippen MR) is 150 cm³/mol. The molecule has 10 heteroatoms. The van der Waals surface area contributed by atoms with Crippen LogP contribution < -0.4 is 15.0 Å². The number of aliphatic imine (C=N–C) groups is 2. The summed E-state index contributed by atoms with van der Waals surface area (Å²) in [5.41, 5.74) is 3.78. The molecule has 3 heterocycles. The van der Waals surface area contributed by atoms with Gasteiger partial charge in [-0.3, -0.25) is 9.88 Å². The molecule has 10 nitrogen and oxygen atoms in total. The molecule has 204 valence electrons. The lowest BCUT2D eigenvalue weighted by atomic mass is 9.93. The molecule has 0 unspecified atom stereocenters. The minimum atomic E-state index is 0.127. The molecule has 2 aliphatic heterocycles. The van der Waals surface area contributed by atoms with E-state index in [1.807, 2.05) is 13.0 Å². The van der Waals surface area contributed by atoms with Gasteiger partial charge >= 0.3 is 0 Å². The van der Waals surface area contributed by atoms with Crippen LogP contribution in [0.5, 0.6) is 5.75 Å². The van der Waals surface area contributed by atoms with Gasteiger partial charge in [0.2, 0.25) is 5.96 Å². The fourth-order valence-electron chi connectivity index (χ4n) is 5.24. The van der Waals surface area contributed by atoms with Gasteiger partial charge in [-0.1, -0.05) is 6.08 Å². The monoisotopic (exact) mass is 521 g/mol. The first-order chi connectivity index (χ1) is 18.7. The van der Waals surface area contributed by atoms with Gasteiger partial charge in [0.15, 0.2) is 0 Å². The van der Waals surface area contributed by atoms with Crippen LogP contribution >= 0.6 is 0 Å². The lowest BCUT2D eigenvalue weighted by molar-refractivity contribution is 0.0421. The number of anilines is 1. The second kappa shape index (κ2) is 13.1. The first kappa shape index (κ1) is 26.5. The standard InChI is InChI=1S/C28H39N7O3/c1-3-21(20-34-10-14-36-15-11-34)32-28(29-2)33-22-4-6-24(7-5-22)38-26-19-23(35-12-16-37-17-13-35)18-25-27(26)31-9-8-30-25/h3,8-9,18-19,22,24H,2,4-7,10-17,20H2,1H3,(H,32,33)/b21-3-/t22-,24+. The number of nitrogens with zero attached hydrogens (tertiary/aromatic N) is 6. The number of aromatic nitrogens is 2. The number of allylic oxidation sites excluding steroid dienone is 1. The Labute approximate surface area is 224 Å². The maximum Gasteiger partial charge on any atom is 0.222 e. The summed E-state index contributed by atoms with van der Waals surface area (Å²) in [5, 5.41) is 3.51. The summed E-state index contributed by atoms with van der Waals surface area (Å²) >= 11 is 0. The quantitative estimate of drug-likeness (QED) is 0.439. The molecule has 1 N–H and O–H groups in total. The van der Waals surface area contributed by atoms with Crippen LogP contribution in [0.2, 0.25) is 0 Å². The number of hydrogen-bond acceptors (Lipinski definition) is 8. The van der Waals surface area contributed by atoms with E-state index in [0.29, 0.717) is 5.96 Å². The molecular formula is C28H39N7O3. The Balaban J connectivity index is 1.19. The molecule has 0 atom stereocenters. The minimum absolute atomic E-state index is 0.127. The number of fused-ring (bicyclic) bond motifs is 1. The fraction of sp³-hybridized carbons (Fsp3) is 0.571. The molecule has 1 aromatic carbocycles. The largest absolute Gasteiger partial charge is 0.488 e. The van der Waals surface area contributed by atoms with E-state index in [1.165, 1.54) is 0 Å². The van der Waals surface area contributed by atoms with Crippen molar-refractivity contribution in [2.24, 2.45) is 9.98 Å². The zero-order valence-corrected chi connectivity index (χ0v) is 22.3. The number of ether oxygens (including phenoxy) is 3. The molecule has 2 aromatic rings. The van der Waals surface area contributed by atoms with Crippen molar-refractivity contribution in [3.05, 3.63) is 36.3 Å². The zero-order chi connectivity index (χ0) is 26.2. The van der Waals surface area contributed by atoms with Crippen LogP contribution in [-0.2, 0) is 9.47 Å². The van der Waals surface area contributed by atoms with Gasteiger partial charge in [0.1, 0.15) is 11.3 Å². The summed E-state index contributed by atoms with van der Waals surface area (Å²) in [5.74, 6) is 1.40. The van der Waals surface area contributed by atoms with Gasteiger partial charge in [-0.15, -0.1) is 0 Å². The lowest BCUT2D eigenvalue weighted by Gasteiger charge is -2.31. The molecule has 0 radical (unpaired) electrons. The molecular weight excluding hydrogens is 482 g/mol. The molecule has 2 saturated heterocycles. The Bertz CT molecular complexity index is 1130. The molecule has 38 heavy (non-hydrogen) atoms. The van der Waals surface area contributed by atoms with E-state index in [0.717, 1.165) is 113 Å². The van der Waals surface area contributed by atoms with Crippen molar-refractivity contribution in [3.63, 3.8) is 0 Å². The van der Waals surface area contributed by atoms with E-state index in [9.17, 15) is 0 Å². The third-order valence-corrected chi connectivity index (χ3v) is 7.42.